The molecule has 0 saturated carbocycles. The Bertz CT molecular complexity index is 719. The number of carbonyl (C=O) groups is 2. The van der Waals surface area contributed by atoms with Gasteiger partial charge in [-0.15, -0.1) is 0 Å². The largest absolute Gasteiger partial charge is 0.507 e. The van der Waals surface area contributed by atoms with E-state index >= 15 is 0 Å². The summed E-state index contributed by atoms with van der Waals surface area (Å²) in [6.45, 7) is 1.76. The third-order valence-electron chi connectivity index (χ3n) is 2.95. The molecule has 0 unspecified atom stereocenters. The van der Waals surface area contributed by atoms with Crippen LogP contribution in [0.5, 0.6) is 5.75 Å². The van der Waals surface area contributed by atoms with Gasteiger partial charge < -0.3 is 10.4 Å². The van der Waals surface area contributed by atoms with Crippen molar-refractivity contribution >= 4 is 29.2 Å². The highest BCUT2D eigenvalue weighted by Gasteiger charge is 2.11. The number of halogens is 1. The molecule has 2 aromatic carbocycles. The zero-order valence-electron chi connectivity index (χ0n) is 11.7. The lowest BCUT2D eigenvalue weighted by Crippen LogP contribution is -2.44. The van der Waals surface area contributed by atoms with E-state index in [1.54, 1.807) is 37.3 Å². The number of hydrazine groups is 1. The van der Waals surface area contributed by atoms with Crippen molar-refractivity contribution in [1.82, 2.24) is 10.9 Å². The van der Waals surface area contributed by atoms with Crippen molar-refractivity contribution in [3.8, 4) is 5.75 Å². The van der Waals surface area contributed by atoms with Crippen LogP contribution in [0.1, 0.15) is 15.9 Å². The Morgan fingerprint density at radius 3 is 2.50 bits per heavy atom. The molecule has 0 saturated heterocycles. The number of aromatic hydroxyl groups is 1. The fraction of sp³-hybridized carbons (Fsp3) is 0.0667. The number of anilines is 1. The van der Waals surface area contributed by atoms with E-state index in [1.165, 1.54) is 12.1 Å². The van der Waals surface area contributed by atoms with Gasteiger partial charge in [0.15, 0.2) is 0 Å². The zero-order chi connectivity index (χ0) is 16.1. The van der Waals surface area contributed by atoms with E-state index in [2.05, 4.69) is 16.2 Å². The number of nitrogens with one attached hydrogen (secondary N) is 3. The number of benzene rings is 2. The lowest BCUT2D eigenvalue weighted by Gasteiger charge is -2.11. The minimum atomic E-state index is -0.630. The Morgan fingerprint density at radius 1 is 1.05 bits per heavy atom. The Hall–Kier alpha value is -2.73. The molecule has 0 heterocycles. The van der Waals surface area contributed by atoms with Crippen LogP contribution in [0, 0.1) is 6.92 Å². The molecule has 2 rings (SSSR count). The molecule has 4 N–H and O–H groups in total. The maximum atomic E-state index is 11.8. The number of phenols is 1. The topological polar surface area (TPSA) is 90.5 Å². The first kappa shape index (κ1) is 15.7. The fourth-order valence-electron chi connectivity index (χ4n) is 1.74. The predicted octanol–water partition coefficient (Wildman–Crippen LogP) is 2.82. The molecule has 0 fully saturated rings. The van der Waals surface area contributed by atoms with Gasteiger partial charge in [0, 0.05) is 10.7 Å². The molecule has 0 aliphatic carbocycles. The van der Waals surface area contributed by atoms with Gasteiger partial charge in [-0.1, -0.05) is 29.8 Å². The number of hydrogen-bond acceptors (Lipinski definition) is 3. The second kappa shape index (κ2) is 6.82. The number of hydrogen-bond donors (Lipinski definition) is 4. The fourth-order valence-corrected chi connectivity index (χ4v) is 1.92. The van der Waals surface area contributed by atoms with E-state index in [9.17, 15) is 14.7 Å². The minimum Gasteiger partial charge on any atom is -0.507 e. The highest BCUT2D eigenvalue weighted by molar-refractivity contribution is 6.31. The smallest absolute Gasteiger partial charge is 0.337 e. The quantitative estimate of drug-likeness (QED) is 0.642. The summed E-state index contributed by atoms with van der Waals surface area (Å²) >= 11 is 5.95. The lowest BCUT2D eigenvalue weighted by atomic mass is 10.2. The molecular weight excluding hydrogens is 306 g/mol. The number of para-hydroxylation sites is 1. The molecule has 0 spiro atoms. The van der Waals surface area contributed by atoms with E-state index in [0.717, 1.165) is 0 Å². The Kier molecular flexibility index (Phi) is 4.85. The molecule has 2 aromatic rings. The highest BCUT2D eigenvalue weighted by atomic mass is 35.5. The summed E-state index contributed by atoms with van der Waals surface area (Å²) in [7, 11) is 0. The van der Waals surface area contributed by atoms with Gasteiger partial charge in [-0.3, -0.25) is 10.2 Å². The molecule has 6 nitrogen and oxygen atoms in total. The van der Waals surface area contributed by atoms with Crippen LogP contribution < -0.4 is 16.2 Å². The summed E-state index contributed by atoms with van der Waals surface area (Å²) in [5, 5.41) is 12.6. The summed E-state index contributed by atoms with van der Waals surface area (Å²) in [6.07, 6.45) is 0. The van der Waals surface area contributed by atoms with E-state index < -0.39 is 11.9 Å². The molecule has 7 heteroatoms. The molecule has 0 aliphatic rings. The van der Waals surface area contributed by atoms with Gasteiger partial charge in [-0.2, -0.15) is 0 Å². The summed E-state index contributed by atoms with van der Waals surface area (Å²) in [5.41, 5.74) is 5.70. The molecule has 0 radical (unpaired) electrons. The van der Waals surface area contributed by atoms with Crippen LogP contribution >= 0.6 is 11.6 Å². The maximum Gasteiger partial charge on any atom is 0.337 e. The van der Waals surface area contributed by atoms with Gasteiger partial charge in [0.1, 0.15) is 5.75 Å². The first-order valence-electron chi connectivity index (χ1n) is 6.39. The third kappa shape index (κ3) is 3.67. The minimum absolute atomic E-state index is 0.0572. The normalized spacial score (nSPS) is 9.91. The monoisotopic (exact) mass is 319 g/mol. The van der Waals surface area contributed by atoms with Gasteiger partial charge in [-0.25, -0.2) is 10.2 Å². The number of urea groups is 1. The van der Waals surface area contributed by atoms with Crippen molar-refractivity contribution in [3.63, 3.8) is 0 Å². The van der Waals surface area contributed by atoms with Crippen LogP contribution in [0.4, 0.5) is 10.5 Å². The maximum absolute atomic E-state index is 11.8. The predicted molar refractivity (Wildman–Crippen MR) is 83.9 cm³/mol. The van der Waals surface area contributed by atoms with E-state index in [0.29, 0.717) is 16.3 Å². The van der Waals surface area contributed by atoms with Crippen molar-refractivity contribution in [2.24, 2.45) is 0 Å². The summed E-state index contributed by atoms with van der Waals surface area (Å²) in [4.78, 5) is 23.6. The summed E-state index contributed by atoms with van der Waals surface area (Å²) in [5.74, 6) is -0.802. The van der Waals surface area contributed by atoms with E-state index in [4.69, 9.17) is 11.6 Å². The number of rotatable bonds is 2. The van der Waals surface area contributed by atoms with Gasteiger partial charge in [0.2, 0.25) is 0 Å². The molecule has 114 valence electrons. The molecule has 0 bridgehead atoms. The van der Waals surface area contributed by atoms with Gasteiger partial charge >= 0.3 is 6.03 Å². The average Bonchev–Trinajstić information content (AvgIpc) is 2.50. The van der Waals surface area contributed by atoms with E-state index in [1.807, 2.05) is 0 Å². The van der Waals surface area contributed by atoms with Crippen LogP contribution in [-0.4, -0.2) is 17.0 Å². The van der Waals surface area contributed by atoms with Crippen LogP contribution in [-0.2, 0) is 0 Å². The van der Waals surface area contributed by atoms with Crippen molar-refractivity contribution < 1.29 is 14.7 Å². The Labute approximate surface area is 132 Å². The summed E-state index contributed by atoms with van der Waals surface area (Å²) in [6, 6.07) is 10.5. The molecule has 0 atom stereocenters. The van der Waals surface area contributed by atoms with Crippen LogP contribution in [0.3, 0.4) is 0 Å². The second-order valence-corrected chi connectivity index (χ2v) is 4.87. The van der Waals surface area contributed by atoms with Crippen LogP contribution in [0.2, 0.25) is 5.02 Å². The first-order valence-corrected chi connectivity index (χ1v) is 6.77. The number of amides is 3. The standard InChI is InChI=1S/C15H14ClN3O3/c1-9-11(16)6-4-7-12(9)17-15(22)19-18-14(21)10-5-2-3-8-13(10)20/h2-8,20H,1H3,(H,18,21)(H2,17,19,22). The van der Waals surface area contributed by atoms with Gasteiger partial charge in [0.05, 0.1) is 5.56 Å². The van der Waals surface area contributed by atoms with Gasteiger partial charge in [-0.05, 0) is 36.8 Å². The Balaban J connectivity index is 1.95. The third-order valence-corrected chi connectivity index (χ3v) is 3.36. The van der Waals surface area contributed by atoms with Gasteiger partial charge in [0.25, 0.3) is 5.91 Å². The lowest BCUT2D eigenvalue weighted by molar-refractivity contribution is 0.0935. The zero-order valence-corrected chi connectivity index (χ0v) is 12.4. The molecule has 22 heavy (non-hydrogen) atoms. The van der Waals surface area contributed by atoms with Crippen LogP contribution in [0.15, 0.2) is 42.5 Å². The molecule has 0 aliphatic heterocycles. The summed E-state index contributed by atoms with van der Waals surface area (Å²) < 4.78 is 0. The van der Waals surface area contributed by atoms with Crippen LogP contribution in [0.25, 0.3) is 0 Å². The van der Waals surface area contributed by atoms with Crippen molar-refractivity contribution in [3.05, 3.63) is 58.6 Å². The highest BCUT2D eigenvalue weighted by Crippen LogP contribution is 2.22. The average molecular weight is 320 g/mol. The molecule has 0 aromatic heterocycles. The van der Waals surface area contributed by atoms with Crippen molar-refractivity contribution in [2.45, 2.75) is 6.92 Å². The van der Waals surface area contributed by atoms with Crippen molar-refractivity contribution in [1.29, 1.82) is 0 Å². The number of phenolic OH excluding ortho intramolecular Hbond substituents is 1. The molecular formula is C15H14ClN3O3. The Morgan fingerprint density at radius 2 is 1.77 bits per heavy atom. The number of carbonyl (C=O) groups excluding carboxylic acids is 2. The van der Waals surface area contributed by atoms with Crippen molar-refractivity contribution in [2.75, 3.05) is 5.32 Å². The first-order chi connectivity index (χ1) is 10.5. The second-order valence-electron chi connectivity index (χ2n) is 4.46. The van der Waals surface area contributed by atoms with E-state index in [-0.39, 0.29) is 11.3 Å². The molecule has 3 amide bonds. The SMILES string of the molecule is Cc1c(Cl)cccc1NC(=O)NNC(=O)c1ccccc1O.